The third kappa shape index (κ3) is 3.69. The quantitative estimate of drug-likeness (QED) is 0.837. The maximum atomic E-state index is 6.00. The van der Waals surface area contributed by atoms with Gasteiger partial charge in [0.2, 0.25) is 0 Å². The van der Waals surface area contributed by atoms with Gasteiger partial charge in [0.15, 0.2) is 0 Å². The highest BCUT2D eigenvalue weighted by Gasteiger charge is 2.35. The average Bonchev–Trinajstić information content (AvgIpc) is 2.27. The van der Waals surface area contributed by atoms with Gasteiger partial charge in [-0.2, -0.15) is 0 Å². The molecule has 1 unspecified atom stereocenters. The van der Waals surface area contributed by atoms with E-state index in [1.54, 1.807) is 0 Å². The fourth-order valence-corrected chi connectivity index (χ4v) is 3.71. The van der Waals surface area contributed by atoms with E-state index in [0.717, 1.165) is 31.7 Å². The molecule has 0 aromatic heterocycles. The third-order valence-electron chi connectivity index (χ3n) is 4.30. The number of nitrogens with one attached hydrogen (secondary N) is 1. The van der Waals surface area contributed by atoms with Crippen LogP contribution in [0.5, 0.6) is 0 Å². The summed E-state index contributed by atoms with van der Waals surface area (Å²) >= 11 is 0. The topological polar surface area (TPSA) is 24.5 Å². The van der Waals surface area contributed by atoms with Gasteiger partial charge in [0.25, 0.3) is 0 Å². The van der Waals surface area contributed by atoms with Crippen molar-refractivity contribution in [1.82, 2.24) is 10.2 Å². The first-order valence-corrected chi connectivity index (χ1v) is 7.65. The van der Waals surface area contributed by atoms with Crippen molar-refractivity contribution < 1.29 is 4.74 Å². The van der Waals surface area contributed by atoms with Gasteiger partial charge in [-0.3, -0.25) is 4.90 Å². The van der Waals surface area contributed by atoms with Crippen molar-refractivity contribution in [2.24, 2.45) is 0 Å². The molecule has 1 saturated carbocycles. The number of rotatable bonds is 3. The van der Waals surface area contributed by atoms with Gasteiger partial charge >= 0.3 is 0 Å². The number of ether oxygens (including phenoxy) is 1. The number of morpholine rings is 1. The Hall–Kier alpha value is -0.120. The summed E-state index contributed by atoms with van der Waals surface area (Å²) in [5.41, 5.74) is 0.0240. The number of hydrogen-bond donors (Lipinski definition) is 1. The SMILES string of the molecule is CCNC1CCC(N2CC(C)OC(C)(C)C2)CC1. The molecule has 0 radical (unpaired) electrons. The Balaban J connectivity index is 1.85. The van der Waals surface area contributed by atoms with E-state index in [4.69, 9.17) is 4.74 Å². The molecule has 1 atom stereocenters. The highest BCUT2D eigenvalue weighted by Crippen LogP contribution is 2.29. The summed E-state index contributed by atoms with van der Waals surface area (Å²) in [6.07, 6.45) is 5.75. The molecule has 2 aliphatic rings. The Morgan fingerprint density at radius 2 is 1.89 bits per heavy atom. The van der Waals surface area contributed by atoms with Crippen LogP contribution in [0.15, 0.2) is 0 Å². The summed E-state index contributed by atoms with van der Waals surface area (Å²) < 4.78 is 6.00. The minimum Gasteiger partial charge on any atom is -0.370 e. The van der Waals surface area contributed by atoms with Crippen LogP contribution < -0.4 is 5.32 Å². The molecule has 1 N–H and O–H groups in total. The van der Waals surface area contributed by atoms with E-state index in [1.165, 1.54) is 25.7 Å². The van der Waals surface area contributed by atoms with E-state index in [9.17, 15) is 0 Å². The lowest BCUT2D eigenvalue weighted by atomic mass is 9.88. The van der Waals surface area contributed by atoms with Gasteiger partial charge < -0.3 is 10.1 Å². The largest absolute Gasteiger partial charge is 0.370 e. The highest BCUT2D eigenvalue weighted by atomic mass is 16.5. The van der Waals surface area contributed by atoms with E-state index < -0.39 is 0 Å². The van der Waals surface area contributed by atoms with Crippen molar-refractivity contribution in [1.29, 1.82) is 0 Å². The fourth-order valence-electron chi connectivity index (χ4n) is 3.71. The zero-order chi connectivity index (χ0) is 13.2. The third-order valence-corrected chi connectivity index (χ3v) is 4.30. The van der Waals surface area contributed by atoms with Crippen LogP contribution in [0.3, 0.4) is 0 Å². The van der Waals surface area contributed by atoms with Crippen molar-refractivity contribution >= 4 is 0 Å². The highest BCUT2D eigenvalue weighted by molar-refractivity contribution is 4.89. The van der Waals surface area contributed by atoms with Crippen molar-refractivity contribution in [3.05, 3.63) is 0 Å². The molecular formula is C15H30N2O. The van der Waals surface area contributed by atoms with Gasteiger partial charge in [0, 0.05) is 25.2 Å². The number of hydrogen-bond acceptors (Lipinski definition) is 3. The zero-order valence-corrected chi connectivity index (χ0v) is 12.5. The fraction of sp³-hybridized carbons (Fsp3) is 1.00. The summed E-state index contributed by atoms with van der Waals surface area (Å²) in [7, 11) is 0. The lowest BCUT2D eigenvalue weighted by Gasteiger charge is -2.46. The molecule has 2 fully saturated rings. The molecule has 0 aromatic rings. The van der Waals surface area contributed by atoms with E-state index in [2.05, 4.69) is 37.9 Å². The van der Waals surface area contributed by atoms with Crippen molar-refractivity contribution in [2.45, 2.75) is 77.2 Å². The molecule has 0 bridgehead atoms. The molecule has 3 heteroatoms. The minimum atomic E-state index is 0.0240. The second kappa shape index (κ2) is 5.89. The van der Waals surface area contributed by atoms with Crippen molar-refractivity contribution in [2.75, 3.05) is 19.6 Å². The normalized spacial score (nSPS) is 37.7. The van der Waals surface area contributed by atoms with Gasteiger partial charge in [-0.05, 0) is 53.0 Å². The molecule has 18 heavy (non-hydrogen) atoms. The van der Waals surface area contributed by atoms with Gasteiger partial charge in [-0.1, -0.05) is 6.92 Å². The summed E-state index contributed by atoms with van der Waals surface area (Å²) in [6.45, 7) is 12.2. The summed E-state index contributed by atoms with van der Waals surface area (Å²) in [5.74, 6) is 0. The predicted molar refractivity (Wildman–Crippen MR) is 75.9 cm³/mol. The summed E-state index contributed by atoms with van der Waals surface area (Å²) in [6, 6.07) is 1.54. The summed E-state index contributed by atoms with van der Waals surface area (Å²) in [4.78, 5) is 2.68. The molecule has 0 amide bonds. The second-order valence-corrected chi connectivity index (χ2v) is 6.68. The molecule has 106 valence electrons. The molecule has 1 saturated heterocycles. The molecule has 0 spiro atoms. The smallest absolute Gasteiger partial charge is 0.0757 e. The van der Waals surface area contributed by atoms with Crippen LogP contribution in [0.2, 0.25) is 0 Å². The first-order chi connectivity index (χ1) is 8.50. The van der Waals surface area contributed by atoms with Crippen LogP contribution in [0.1, 0.15) is 53.4 Å². The minimum absolute atomic E-state index is 0.0240. The summed E-state index contributed by atoms with van der Waals surface area (Å²) in [5, 5.41) is 3.59. The molecule has 1 aliphatic heterocycles. The Labute approximate surface area is 112 Å². The Morgan fingerprint density at radius 3 is 2.44 bits per heavy atom. The second-order valence-electron chi connectivity index (χ2n) is 6.68. The van der Waals surface area contributed by atoms with Gasteiger partial charge in [0.1, 0.15) is 0 Å². The van der Waals surface area contributed by atoms with E-state index in [-0.39, 0.29) is 5.60 Å². The standard InChI is InChI=1S/C15H30N2O/c1-5-16-13-6-8-14(9-7-13)17-10-12(2)18-15(3,4)11-17/h12-14,16H,5-11H2,1-4H3. The van der Waals surface area contributed by atoms with Crippen LogP contribution in [-0.2, 0) is 4.74 Å². The van der Waals surface area contributed by atoms with Crippen LogP contribution in [-0.4, -0.2) is 48.3 Å². The van der Waals surface area contributed by atoms with E-state index in [0.29, 0.717) is 6.10 Å². The maximum absolute atomic E-state index is 6.00. The molecule has 1 heterocycles. The van der Waals surface area contributed by atoms with Crippen LogP contribution >= 0.6 is 0 Å². The molecule has 2 rings (SSSR count). The Morgan fingerprint density at radius 1 is 1.22 bits per heavy atom. The Bertz CT molecular complexity index is 259. The first-order valence-electron chi connectivity index (χ1n) is 7.65. The molecule has 1 aliphatic carbocycles. The van der Waals surface area contributed by atoms with Gasteiger partial charge in [0.05, 0.1) is 11.7 Å². The first kappa shape index (κ1) is 14.3. The lowest BCUT2D eigenvalue weighted by molar-refractivity contribution is -0.140. The molecular weight excluding hydrogens is 224 g/mol. The Kier molecular flexibility index (Phi) is 4.68. The van der Waals surface area contributed by atoms with E-state index >= 15 is 0 Å². The van der Waals surface area contributed by atoms with Crippen molar-refractivity contribution in [3.63, 3.8) is 0 Å². The number of nitrogens with zero attached hydrogens (tertiary/aromatic N) is 1. The predicted octanol–water partition coefficient (Wildman–Crippen LogP) is 2.41. The van der Waals surface area contributed by atoms with Crippen LogP contribution in [0.25, 0.3) is 0 Å². The van der Waals surface area contributed by atoms with Crippen molar-refractivity contribution in [3.8, 4) is 0 Å². The lowest BCUT2D eigenvalue weighted by Crippen LogP contribution is -2.56. The molecule has 3 nitrogen and oxygen atoms in total. The van der Waals surface area contributed by atoms with Crippen LogP contribution in [0, 0.1) is 0 Å². The zero-order valence-electron chi connectivity index (χ0n) is 12.5. The van der Waals surface area contributed by atoms with Gasteiger partial charge in [-0.15, -0.1) is 0 Å². The maximum Gasteiger partial charge on any atom is 0.0757 e. The monoisotopic (exact) mass is 254 g/mol. The van der Waals surface area contributed by atoms with E-state index in [1.807, 2.05) is 0 Å². The van der Waals surface area contributed by atoms with Crippen LogP contribution in [0.4, 0.5) is 0 Å². The van der Waals surface area contributed by atoms with Gasteiger partial charge in [-0.25, -0.2) is 0 Å². The average molecular weight is 254 g/mol. The molecule has 0 aromatic carbocycles.